The van der Waals surface area contributed by atoms with E-state index in [1.165, 1.54) is 37.6 Å². The lowest BCUT2D eigenvalue weighted by molar-refractivity contribution is -0.732. The smallest absolute Gasteiger partial charge is 0.368 e. The van der Waals surface area contributed by atoms with Gasteiger partial charge in [0.15, 0.2) is 11.8 Å². The number of rotatable bonds is 3. The summed E-state index contributed by atoms with van der Waals surface area (Å²) in [5.74, 6) is -3.22. The monoisotopic (exact) mass is 373 g/mol. The molecule has 0 radical (unpaired) electrons. The van der Waals surface area contributed by atoms with Gasteiger partial charge in [-0.2, -0.15) is 0 Å². The van der Waals surface area contributed by atoms with Gasteiger partial charge in [-0.1, -0.05) is 0 Å². The van der Waals surface area contributed by atoms with Crippen LogP contribution in [0.5, 0.6) is 0 Å². The number of benzene rings is 1. The summed E-state index contributed by atoms with van der Waals surface area (Å²) >= 11 is 0. The summed E-state index contributed by atoms with van der Waals surface area (Å²) in [6, 6.07) is 7.95. The Labute approximate surface area is 154 Å². The van der Waals surface area contributed by atoms with Crippen molar-refractivity contribution in [1.29, 1.82) is 0 Å². The Morgan fingerprint density at radius 2 is 1.93 bits per heavy atom. The molecular weight excluding hydrogens is 355 g/mol. The Bertz CT molecular complexity index is 911. The van der Waals surface area contributed by atoms with Crippen LogP contribution in [-0.2, 0) is 19.1 Å². The second-order valence-corrected chi connectivity index (χ2v) is 6.97. The first-order chi connectivity index (χ1) is 12.9. The van der Waals surface area contributed by atoms with Gasteiger partial charge in [0, 0.05) is 6.92 Å². The molecule has 2 aliphatic rings. The zero-order valence-corrected chi connectivity index (χ0v) is 14.7. The van der Waals surface area contributed by atoms with Crippen molar-refractivity contribution in [2.45, 2.75) is 18.5 Å². The van der Waals surface area contributed by atoms with Crippen LogP contribution in [0.25, 0.3) is 0 Å². The van der Waals surface area contributed by atoms with Gasteiger partial charge in [0.25, 0.3) is 0 Å². The first-order valence-electron chi connectivity index (χ1n) is 8.49. The van der Waals surface area contributed by atoms with Gasteiger partial charge in [0.05, 0.1) is 19.1 Å². The molecule has 2 amide bonds. The highest BCUT2D eigenvalue weighted by Gasteiger charge is 2.71. The average Bonchev–Trinajstić information content (AvgIpc) is 3.34. The fourth-order valence-corrected chi connectivity index (χ4v) is 4.26. The lowest BCUT2D eigenvalue weighted by Crippen LogP contribution is -2.97. The lowest BCUT2D eigenvalue weighted by atomic mass is 9.81. The minimum absolute atomic E-state index is 0.270. The SMILES string of the molecule is COC(=O)[C@]1(C)[NH2+][C@@H](c2ccco2)[C@H]2C(=O)N(c3ccc(F)cc3)C(=O)[C@@H]21. The molecule has 7 nitrogen and oxygen atoms in total. The van der Waals surface area contributed by atoms with E-state index in [-0.39, 0.29) is 5.69 Å². The van der Waals surface area contributed by atoms with Gasteiger partial charge >= 0.3 is 5.97 Å². The van der Waals surface area contributed by atoms with E-state index < -0.39 is 47.0 Å². The number of carbonyl (C=O) groups excluding carboxylic acids is 3. The van der Waals surface area contributed by atoms with E-state index in [9.17, 15) is 18.8 Å². The van der Waals surface area contributed by atoms with Crippen LogP contribution in [0.3, 0.4) is 0 Å². The minimum atomic E-state index is -1.28. The Hall–Kier alpha value is -3.00. The van der Waals surface area contributed by atoms with Gasteiger partial charge in [-0.05, 0) is 36.4 Å². The number of nitrogens with zero attached hydrogens (tertiary/aromatic N) is 1. The third-order valence-corrected chi connectivity index (χ3v) is 5.49. The number of hydrogen-bond acceptors (Lipinski definition) is 5. The normalized spacial score (nSPS) is 29.9. The van der Waals surface area contributed by atoms with Crippen molar-refractivity contribution in [2.75, 3.05) is 12.0 Å². The number of esters is 1. The first kappa shape index (κ1) is 17.4. The molecular formula is C19H18FN2O5+. The number of ether oxygens (including phenoxy) is 1. The van der Waals surface area contributed by atoms with Gasteiger partial charge in [0.1, 0.15) is 17.7 Å². The number of fused-ring (bicyclic) bond motifs is 1. The molecule has 27 heavy (non-hydrogen) atoms. The number of carbonyl (C=O) groups is 3. The van der Waals surface area contributed by atoms with E-state index in [1.54, 1.807) is 24.4 Å². The summed E-state index contributed by atoms with van der Waals surface area (Å²) in [7, 11) is 1.25. The van der Waals surface area contributed by atoms with Crippen LogP contribution in [0.4, 0.5) is 10.1 Å². The molecule has 3 heterocycles. The van der Waals surface area contributed by atoms with Crippen LogP contribution < -0.4 is 10.2 Å². The van der Waals surface area contributed by atoms with Crippen molar-refractivity contribution < 1.29 is 33.2 Å². The summed E-state index contributed by atoms with van der Waals surface area (Å²) < 4.78 is 23.6. The van der Waals surface area contributed by atoms with Crippen molar-refractivity contribution >= 4 is 23.5 Å². The highest BCUT2D eigenvalue weighted by molar-refractivity contribution is 6.23. The van der Waals surface area contributed by atoms with E-state index >= 15 is 0 Å². The molecule has 0 saturated carbocycles. The van der Waals surface area contributed by atoms with Crippen molar-refractivity contribution in [3.05, 3.63) is 54.2 Å². The van der Waals surface area contributed by atoms with Crippen LogP contribution in [0.1, 0.15) is 18.7 Å². The first-order valence-corrected chi connectivity index (χ1v) is 8.49. The molecule has 4 rings (SSSR count). The Morgan fingerprint density at radius 3 is 2.52 bits per heavy atom. The standard InChI is InChI=1S/C19H17FN2O5/c1-19(18(25)26-2)14-13(15(21-19)12-4-3-9-27-12)16(23)22(17(14)24)11-7-5-10(20)6-8-11/h3-9,13-15,21H,1-2H3/p+1/t13-,14+,15-,19+/m0/s1. The number of imide groups is 1. The number of halogens is 1. The number of methoxy groups -OCH3 is 1. The molecule has 0 aliphatic carbocycles. The zero-order chi connectivity index (χ0) is 19.3. The predicted molar refractivity (Wildman–Crippen MR) is 89.7 cm³/mol. The molecule has 1 aromatic carbocycles. The average molecular weight is 373 g/mol. The maximum atomic E-state index is 13.3. The largest absolute Gasteiger partial charge is 0.464 e. The summed E-state index contributed by atoms with van der Waals surface area (Å²) in [5, 5.41) is 1.67. The third-order valence-electron chi connectivity index (χ3n) is 5.49. The predicted octanol–water partition coefficient (Wildman–Crippen LogP) is 0.774. The molecule has 2 fully saturated rings. The number of anilines is 1. The number of amides is 2. The topological polar surface area (TPSA) is 93.4 Å². The highest BCUT2D eigenvalue weighted by atomic mass is 19.1. The van der Waals surface area contributed by atoms with Crippen molar-refractivity contribution in [1.82, 2.24) is 0 Å². The fraction of sp³-hybridized carbons (Fsp3) is 0.316. The number of furan rings is 1. The van der Waals surface area contributed by atoms with Crippen LogP contribution in [0.15, 0.2) is 47.1 Å². The second-order valence-electron chi connectivity index (χ2n) is 6.97. The summed E-state index contributed by atoms with van der Waals surface area (Å²) in [6.07, 6.45) is 1.48. The van der Waals surface area contributed by atoms with Crippen LogP contribution in [0.2, 0.25) is 0 Å². The number of quaternary nitrogens is 1. The van der Waals surface area contributed by atoms with E-state index in [0.29, 0.717) is 5.76 Å². The molecule has 140 valence electrons. The van der Waals surface area contributed by atoms with Crippen molar-refractivity contribution in [3.8, 4) is 0 Å². The van der Waals surface area contributed by atoms with E-state index in [0.717, 1.165) is 4.90 Å². The van der Waals surface area contributed by atoms with Gasteiger partial charge in [-0.25, -0.2) is 14.1 Å². The van der Waals surface area contributed by atoms with E-state index in [4.69, 9.17) is 9.15 Å². The highest BCUT2D eigenvalue weighted by Crippen LogP contribution is 2.45. The maximum absolute atomic E-state index is 13.3. The zero-order valence-electron chi connectivity index (χ0n) is 14.7. The Morgan fingerprint density at radius 1 is 1.22 bits per heavy atom. The van der Waals surface area contributed by atoms with Gasteiger partial charge < -0.3 is 14.5 Å². The fourth-order valence-electron chi connectivity index (χ4n) is 4.26. The summed E-state index contributed by atoms with van der Waals surface area (Å²) in [6.45, 7) is 1.60. The lowest BCUT2D eigenvalue weighted by Gasteiger charge is -2.25. The number of hydrogen-bond donors (Lipinski definition) is 1. The molecule has 0 spiro atoms. The Kier molecular flexibility index (Phi) is 3.88. The van der Waals surface area contributed by atoms with Crippen LogP contribution in [0, 0.1) is 17.7 Å². The third kappa shape index (κ3) is 2.40. The van der Waals surface area contributed by atoms with Crippen LogP contribution >= 0.6 is 0 Å². The second kappa shape index (κ2) is 6.02. The Balaban J connectivity index is 1.81. The molecule has 2 aliphatic heterocycles. The van der Waals surface area contributed by atoms with Gasteiger partial charge in [0.2, 0.25) is 17.4 Å². The molecule has 0 bridgehead atoms. The molecule has 8 heteroatoms. The van der Waals surface area contributed by atoms with Crippen LogP contribution in [-0.4, -0.2) is 30.4 Å². The van der Waals surface area contributed by atoms with E-state index in [1.807, 2.05) is 0 Å². The molecule has 0 unspecified atom stereocenters. The molecule has 2 saturated heterocycles. The summed E-state index contributed by atoms with van der Waals surface area (Å²) in [5.41, 5.74) is -1.01. The molecule has 4 atom stereocenters. The van der Waals surface area contributed by atoms with Gasteiger partial charge in [-0.3, -0.25) is 9.59 Å². The quantitative estimate of drug-likeness (QED) is 0.634. The maximum Gasteiger partial charge on any atom is 0.368 e. The van der Waals surface area contributed by atoms with Gasteiger partial charge in [-0.15, -0.1) is 0 Å². The van der Waals surface area contributed by atoms with Crippen molar-refractivity contribution in [2.24, 2.45) is 11.8 Å². The molecule has 1 aromatic heterocycles. The van der Waals surface area contributed by atoms with E-state index in [2.05, 4.69) is 0 Å². The van der Waals surface area contributed by atoms with Crippen molar-refractivity contribution in [3.63, 3.8) is 0 Å². The minimum Gasteiger partial charge on any atom is -0.464 e. The molecule has 2 aromatic rings. The summed E-state index contributed by atoms with van der Waals surface area (Å²) in [4.78, 5) is 39.9. The number of nitrogens with two attached hydrogens (primary N) is 1. The molecule has 2 N–H and O–H groups in total.